The van der Waals surface area contributed by atoms with Crippen LogP contribution in [0.4, 0.5) is 0 Å². The standard InChI is InChI=1S/C20H19N3O5.CH3Cl/c1-26-15-5-2-12(3-6-15)19-22-18(23-28-19)13-4-7-16-14(8-13)9-17(27-16)20(21,10-24)11-25;1-2/h2-9,24-25H,10-11,21H2,1H3;1H3. The third-order valence-corrected chi connectivity index (χ3v) is 4.59. The van der Waals surface area contributed by atoms with Crippen LogP contribution in [0.15, 0.2) is 57.5 Å². The molecule has 0 aliphatic heterocycles. The van der Waals surface area contributed by atoms with Crippen LogP contribution in [0.2, 0.25) is 0 Å². The highest BCUT2D eigenvalue weighted by Gasteiger charge is 2.30. The van der Waals surface area contributed by atoms with Crippen molar-refractivity contribution in [2.45, 2.75) is 5.54 Å². The summed E-state index contributed by atoms with van der Waals surface area (Å²) in [4.78, 5) is 4.45. The van der Waals surface area contributed by atoms with Crippen LogP contribution >= 0.6 is 11.6 Å². The van der Waals surface area contributed by atoms with Crippen LogP contribution in [-0.4, -0.2) is 47.1 Å². The number of aliphatic hydroxyl groups excluding tert-OH is 2. The third kappa shape index (κ3) is 4.17. The molecule has 0 unspecified atom stereocenters. The Morgan fingerprint density at radius 1 is 1.03 bits per heavy atom. The maximum Gasteiger partial charge on any atom is 0.258 e. The highest BCUT2D eigenvalue weighted by atomic mass is 35.5. The van der Waals surface area contributed by atoms with Crippen LogP contribution in [-0.2, 0) is 5.54 Å². The van der Waals surface area contributed by atoms with E-state index in [1.165, 1.54) is 6.38 Å². The number of nitrogens with zero attached hydrogens (tertiary/aromatic N) is 2. The quantitative estimate of drug-likeness (QED) is 0.397. The van der Waals surface area contributed by atoms with E-state index in [4.69, 9.17) is 19.4 Å². The van der Waals surface area contributed by atoms with Crippen LogP contribution in [0.1, 0.15) is 5.76 Å². The van der Waals surface area contributed by atoms with Gasteiger partial charge in [0.15, 0.2) is 0 Å². The van der Waals surface area contributed by atoms with Crippen LogP contribution in [0.25, 0.3) is 33.8 Å². The molecule has 158 valence electrons. The Labute approximate surface area is 177 Å². The van der Waals surface area contributed by atoms with Crippen molar-refractivity contribution >= 4 is 22.6 Å². The second-order valence-corrected chi connectivity index (χ2v) is 6.49. The summed E-state index contributed by atoms with van der Waals surface area (Å²) in [7, 11) is 1.60. The second-order valence-electron chi connectivity index (χ2n) is 6.49. The van der Waals surface area contributed by atoms with E-state index in [1.807, 2.05) is 30.3 Å². The molecule has 2 aromatic heterocycles. The van der Waals surface area contributed by atoms with E-state index in [9.17, 15) is 10.2 Å². The molecule has 0 amide bonds. The Morgan fingerprint density at radius 2 is 1.70 bits per heavy atom. The molecule has 0 atom stereocenters. The van der Waals surface area contributed by atoms with Crippen molar-refractivity contribution in [2.24, 2.45) is 5.73 Å². The highest BCUT2D eigenvalue weighted by Crippen LogP contribution is 2.30. The number of fused-ring (bicyclic) bond motifs is 1. The van der Waals surface area contributed by atoms with Crippen molar-refractivity contribution in [3.05, 3.63) is 54.3 Å². The van der Waals surface area contributed by atoms with Crippen molar-refractivity contribution in [3.8, 4) is 28.6 Å². The molecule has 0 saturated carbocycles. The third-order valence-electron chi connectivity index (χ3n) is 4.59. The van der Waals surface area contributed by atoms with Crippen molar-refractivity contribution in [2.75, 3.05) is 26.7 Å². The number of hydrogen-bond acceptors (Lipinski definition) is 8. The molecule has 0 saturated heterocycles. The van der Waals surface area contributed by atoms with E-state index in [0.29, 0.717) is 23.1 Å². The largest absolute Gasteiger partial charge is 0.497 e. The first-order valence-corrected chi connectivity index (χ1v) is 9.73. The maximum absolute atomic E-state index is 9.46. The predicted octanol–water partition coefficient (Wildman–Crippen LogP) is 3.15. The summed E-state index contributed by atoms with van der Waals surface area (Å²) < 4.78 is 16.2. The van der Waals surface area contributed by atoms with Crippen LogP contribution in [0.5, 0.6) is 5.75 Å². The summed E-state index contributed by atoms with van der Waals surface area (Å²) in [6.45, 7) is -0.877. The van der Waals surface area contributed by atoms with Gasteiger partial charge in [-0.1, -0.05) is 5.16 Å². The Bertz CT molecular complexity index is 1100. The molecule has 9 heteroatoms. The van der Waals surface area contributed by atoms with Gasteiger partial charge in [-0.05, 0) is 48.5 Å². The molecule has 2 heterocycles. The van der Waals surface area contributed by atoms with Crippen molar-refractivity contribution < 1.29 is 23.9 Å². The molecule has 0 fully saturated rings. The molecular weight excluding hydrogens is 410 g/mol. The Kier molecular flexibility index (Phi) is 6.73. The van der Waals surface area contributed by atoms with Gasteiger partial charge in [-0.2, -0.15) is 4.98 Å². The Balaban J connectivity index is 0.00000124. The fourth-order valence-corrected chi connectivity index (χ4v) is 2.83. The van der Waals surface area contributed by atoms with Gasteiger partial charge in [-0.3, -0.25) is 0 Å². The van der Waals surface area contributed by atoms with E-state index in [-0.39, 0.29) is 0 Å². The lowest BCUT2D eigenvalue weighted by Gasteiger charge is -2.21. The van der Waals surface area contributed by atoms with Crippen molar-refractivity contribution in [1.29, 1.82) is 0 Å². The molecule has 0 radical (unpaired) electrons. The average molecular weight is 432 g/mol. The molecule has 4 aromatic rings. The van der Waals surface area contributed by atoms with Gasteiger partial charge < -0.3 is 29.6 Å². The molecule has 0 aliphatic carbocycles. The van der Waals surface area contributed by atoms with Crippen molar-refractivity contribution in [3.63, 3.8) is 0 Å². The molecule has 4 N–H and O–H groups in total. The maximum atomic E-state index is 9.46. The number of rotatable bonds is 6. The minimum Gasteiger partial charge on any atom is -0.497 e. The number of halogens is 1. The SMILES string of the molecule is CCl.COc1ccc(-c2nc(-c3ccc4oc(C(N)(CO)CO)cc4c3)no2)cc1. The van der Waals surface area contributed by atoms with Crippen molar-refractivity contribution in [1.82, 2.24) is 10.1 Å². The Hall–Kier alpha value is -2.91. The van der Waals surface area contributed by atoms with Gasteiger partial charge in [-0.15, -0.1) is 11.6 Å². The molecule has 30 heavy (non-hydrogen) atoms. The van der Waals surface area contributed by atoms with Gasteiger partial charge in [0, 0.05) is 22.9 Å². The minimum atomic E-state index is -1.34. The van der Waals surface area contributed by atoms with Gasteiger partial charge in [0.25, 0.3) is 5.89 Å². The van der Waals surface area contributed by atoms with Gasteiger partial charge in [-0.25, -0.2) is 0 Å². The van der Waals surface area contributed by atoms with Crippen LogP contribution in [0.3, 0.4) is 0 Å². The molecule has 4 rings (SSSR count). The van der Waals surface area contributed by atoms with Gasteiger partial charge in [0.05, 0.1) is 20.3 Å². The van der Waals surface area contributed by atoms with E-state index in [2.05, 4.69) is 21.7 Å². The summed E-state index contributed by atoms with van der Waals surface area (Å²) in [5.74, 6) is 1.87. The molecule has 8 nitrogen and oxygen atoms in total. The zero-order valence-corrected chi connectivity index (χ0v) is 17.3. The molecule has 2 aromatic carbocycles. The monoisotopic (exact) mass is 431 g/mol. The second kappa shape index (κ2) is 9.27. The van der Waals surface area contributed by atoms with Crippen LogP contribution < -0.4 is 10.5 Å². The molecular formula is C21H22ClN3O5. The lowest BCUT2D eigenvalue weighted by atomic mass is 10.00. The van der Waals surface area contributed by atoms with E-state index >= 15 is 0 Å². The van der Waals surface area contributed by atoms with E-state index in [0.717, 1.165) is 22.3 Å². The smallest absolute Gasteiger partial charge is 0.258 e. The number of methoxy groups -OCH3 is 1. The lowest BCUT2D eigenvalue weighted by Crippen LogP contribution is -2.43. The number of aromatic nitrogens is 2. The summed E-state index contributed by atoms with van der Waals surface area (Å²) in [5.41, 5.74) is 6.73. The van der Waals surface area contributed by atoms with Gasteiger partial charge in [0.2, 0.25) is 5.82 Å². The number of alkyl halides is 1. The molecule has 0 bridgehead atoms. The first kappa shape index (κ1) is 21.8. The fourth-order valence-electron chi connectivity index (χ4n) is 2.83. The topological polar surface area (TPSA) is 128 Å². The fraction of sp³-hybridized carbons (Fsp3) is 0.238. The number of benzene rings is 2. The number of ether oxygens (including phenoxy) is 1. The number of hydrogen-bond donors (Lipinski definition) is 3. The van der Waals surface area contributed by atoms with Gasteiger partial charge in [0.1, 0.15) is 22.6 Å². The average Bonchev–Trinajstić information content (AvgIpc) is 3.47. The number of aliphatic hydroxyl groups is 2. The normalized spacial score (nSPS) is 11.3. The Morgan fingerprint density at radius 3 is 2.33 bits per heavy atom. The predicted molar refractivity (Wildman–Crippen MR) is 113 cm³/mol. The minimum absolute atomic E-state index is 0.302. The van der Waals surface area contributed by atoms with Gasteiger partial charge >= 0.3 is 0 Å². The van der Waals surface area contributed by atoms with Crippen LogP contribution in [0, 0.1) is 0 Å². The summed E-state index contributed by atoms with van der Waals surface area (Å²) in [5, 5.41) is 23.7. The highest BCUT2D eigenvalue weighted by molar-refractivity contribution is 6.15. The van der Waals surface area contributed by atoms with E-state index in [1.54, 1.807) is 25.3 Å². The number of nitrogens with two attached hydrogens (primary N) is 1. The zero-order valence-electron chi connectivity index (χ0n) is 16.5. The summed E-state index contributed by atoms with van der Waals surface area (Å²) >= 11 is 4.64. The lowest BCUT2D eigenvalue weighted by molar-refractivity contribution is 0.105. The first-order chi connectivity index (χ1) is 14.6. The zero-order chi connectivity index (χ0) is 21.7. The summed E-state index contributed by atoms with van der Waals surface area (Å²) in [6, 6.07) is 14.4. The number of furan rings is 1. The molecule has 0 aliphatic rings. The van der Waals surface area contributed by atoms with E-state index < -0.39 is 18.8 Å². The first-order valence-electron chi connectivity index (χ1n) is 8.97. The summed E-state index contributed by atoms with van der Waals surface area (Å²) in [6.07, 6.45) is 1.47. The molecule has 0 spiro atoms.